The number of nitrogen functional groups attached to an aromatic ring is 1. The van der Waals surface area contributed by atoms with Gasteiger partial charge in [0.15, 0.2) is 12.0 Å². The molecule has 1 atom stereocenters. The zero-order chi connectivity index (χ0) is 12.5. The molecule has 2 aromatic rings. The quantitative estimate of drug-likeness (QED) is 0.803. The lowest BCUT2D eigenvalue weighted by atomic mass is 10.1. The summed E-state index contributed by atoms with van der Waals surface area (Å²) in [6.07, 6.45) is 0.303. The smallest absolute Gasteiger partial charge is 0.190 e. The number of fused-ring (bicyclic) bond motifs is 1. The van der Waals surface area contributed by atoms with Gasteiger partial charge < -0.3 is 10.8 Å². The Balaban J connectivity index is 1.94. The van der Waals surface area contributed by atoms with Gasteiger partial charge in [0.05, 0.1) is 5.69 Å². The topological polar surface area (TPSA) is 88.8 Å². The molecule has 6 heteroatoms. The van der Waals surface area contributed by atoms with Gasteiger partial charge in [0.1, 0.15) is 0 Å². The van der Waals surface area contributed by atoms with Gasteiger partial charge in [-0.3, -0.25) is 0 Å². The summed E-state index contributed by atoms with van der Waals surface area (Å²) in [6, 6.07) is 9.35. The van der Waals surface area contributed by atoms with Crippen molar-refractivity contribution in [2.24, 2.45) is 10.2 Å². The van der Waals surface area contributed by atoms with Gasteiger partial charge in [0, 0.05) is 30.3 Å². The molecule has 1 aliphatic heterocycles. The Kier molecular flexibility index (Phi) is 2.56. The van der Waals surface area contributed by atoms with E-state index < -0.39 is 0 Å². The minimum absolute atomic E-state index is 0.0835. The molecule has 3 rings (SSSR count). The van der Waals surface area contributed by atoms with E-state index in [9.17, 15) is 0 Å². The fourth-order valence-corrected chi connectivity index (χ4v) is 1.96. The molecule has 0 bridgehead atoms. The van der Waals surface area contributed by atoms with Crippen LogP contribution in [0.2, 0.25) is 0 Å². The standard InChI is InChI=1S/C12H13N5O/c13-9-3-1-8(2-4-9)12-15-14-11-7-10(5-6-18)16-17(11)12/h1-4,7,12,18H,5-6,13H2. The molecule has 1 unspecified atom stereocenters. The van der Waals surface area contributed by atoms with Gasteiger partial charge in [0.25, 0.3) is 0 Å². The highest BCUT2D eigenvalue weighted by Crippen LogP contribution is 2.33. The van der Waals surface area contributed by atoms with E-state index in [4.69, 9.17) is 10.8 Å². The zero-order valence-corrected chi connectivity index (χ0v) is 9.69. The number of anilines is 1. The van der Waals surface area contributed by atoms with Crippen molar-refractivity contribution in [3.8, 4) is 0 Å². The predicted molar refractivity (Wildman–Crippen MR) is 66.5 cm³/mol. The molecule has 2 heterocycles. The highest BCUT2D eigenvalue weighted by atomic mass is 16.3. The number of azo groups is 1. The third-order valence-corrected chi connectivity index (χ3v) is 2.87. The summed E-state index contributed by atoms with van der Waals surface area (Å²) < 4.78 is 1.76. The van der Waals surface area contributed by atoms with E-state index in [0.717, 1.165) is 22.8 Å². The summed E-state index contributed by atoms with van der Waals surface area (Å²) in [5, 5.41) is 21.6. The van der Waals surface area contributed by atoms with Crippen LogP contribution in [0.25, 0.3) is 0 Å². The molecular formula is C12H13N5O. The molecule has 1 aromatic heterocycles. The Hall–Kier alpha value is -2.21. The minimum atomic E-state index is -0.229. The van der Waals surface area contributed by atoms with Crippen LogP contribution in [-0.2, 0) is 6.42 Å². The van der Waals surface area contributed by atoms with Crippen LogP contribution in [-0.4, -0.2) is 21.5 Å². The molecule has 0 amide bonds. The molecule has 1 aromatic carbocycles. The van der Waals surface area contributed by atoms with Crippen LogP contribution in [0.4, 0.5) is 11.5 Å². The summed E-state index contributed by atoms with van der Waals surface area (Å²) in [6.45, 7) is 0.0835. The second-order valence-electron chi connectivity index (χ2n) is 4.17. The van der Waals surface area contributed by atoms with Crippen molar-refractivity contribution in [3.05, 3.63) is 41.6 Å². The molecule has 0 fully saturated rings. The summed E-state index contributed by atoms with van der Waals surface area (Å²) in [5.74, 6) is 0.722. The number of aliphatic hydroxyl groups excluding tert-OH is 1. The lowest BCUT2D eigenvalue weighted by molar-refractivity contribution is 0.297. The molecular weight excluding hydrogens is 230 g/mol. The predicted octanol–water partition coefficient (Wildman–Crippen LogP) is 1.64. The van der Waals surface area contributed by atoms with Crippen molar-refractivity contribution < 1.29 is 5.11 Å². The maximum absolute atomic E-state index is 8.91. The SMILES string of the molecule is Nc1ccc(C2N=Nc3cc(CCO)nn32)cc1. The summed E-state index contributed by atoms with van der Waals surface area (Å²) in [5.41, 5.74) is 8.19. The van der Waals surface area contributed by atoms with Crippen LogP contribution < -0.4 is 5.73 Å². The van der Waals surface area contributed by atoms with Crippen LogP contribution >= 0.6 is 0 Å². The maximum atomic E-state index is 8.91. The Labute approximate surface area is 104 Å². The van der Waals surface area contributed by atoms with E-state index in [2.05, 4.69) is 15.3 Å². The number of aliphatic hydroxyl groups is 1. The van der Waals surface area contributed by atoms with Gasteiger partial charge in [-0.1, -0.05) is 12.1 Å². The summed E-state index contributed by atoms with van der Waals surface area (Å²) in [4.78, 5) is 0. The van der Waals surface area contributed by atoms with Gasteiger partial charge in [-0.25, -0.2) is 4.68 Å². The Bertz CT molecular complexity index is 587. The molecule has 0 spiro atoms. The van der Waals surface area contributed by atoms with Crippen LogP contribution in [0.3, 0.4) is 0 Å². The zero-order valence-electron chi connectivity index (χ0n) is 9.69. The van der Waals surface area contributed by atoms with Crippen molar-refractivity contribution in [1.82, 2.24) is 9.78 Å². The number of rotatable bonds is 3. The second kappa shape index (κ2) is 4.23. The first-order chi connectivity index (χ1) is 8.78. The highest BCUT2D eigenvalue weighted by Gasteiger charge is 2.23. The second-order valence-corrected chi connectivity index (χ2v) is 4.17. The first-order valence-electron chi connectivity index (χ1n) is 5.73. The monoisotopic (exact) mass is 243 g/mol. The van der Waals surface area contributed by atoms with Gasteiger partial charge in [-0.15, -0.1) is 5.11 Å². The first-order valence-corrected chi connectivity index (χ1v) is 5.73. The average molecular weight is 243 g/mol. The van der Waals surface area contributed by atoms with Crippen molar-refractivity contribution in [1.29, 1.82) is 0 Å². The van der Waals surface area contributed by atoms with Crippen LogP contribution in [0, 0.1) is 0 Å². The maximum Gasteiger partial charge on any atom is 0.190 e. The molecule has 3 N–H and O–H groups in total. The van der Waals surface area contributed by atoms with Gasteiger partial charge in [-0.05, 0) is 12.1 Å². The van der Waals surface area contributed by atoms with E-state index in [-0.39, 0.29) is 12.8 Å². The van der Waals surface area contributed by atoms with Crippen LogP contribution in [0.1, 0.15) is 17.4 Å². The summed E-state index contributed by atoms with van der Waals surface area (Å²) in [7, 11) is 0. The number of nitrogens with two attached hydrogens (primary N) is 1. The van der Waals surface area contributed by atoms with Crippen molar-refractivity contribution in [2.75, 3.05) is 12.3 Å². The van der Waals surface area contributed by atoms with E-state index in [1.165, 1.54) is 0 Å². The number of nitrogens with zero attached hydrogens (tertiary/aromatic N) is 4. The van der Waals surface area contributed by atoms with Crippen molar-refractivity contribution >= 4 is 11.5 Å². The van der Waals surface area contributed by atoms with E-state index in [1.54, 1.807) is 4.68 Å². The fraction of sp³-hybridized carbons (Fsp3) is 0.250. The Morgan fingerprint density at radius 2 is 2.06 bits per heavy atom. The Morgan fingerprint density at radius 1 is 1.28 bits per heavy atom. The van der Waals surface area contributed by atoms with Crippen LogP contribution in [0.15, 0.2) is 40.6 Å². The van der Waals surface area contributed by atoms with Gasteiger partial charge in [0.2, 0.25) is 0 Å². The normalized spacial score (nSPS) is 17.1. The molecule has 18 heavy (non-hydrogen) atoms. The first kappa shape index (κ1) is 10.9. The van der Waals surface area contributed by atoms with E-state index in [0.29, 0.717) is 6.42 Å². The molecule has 0 saturated heterocycles. The van der Waals surface area contributed by atoms with E-state index >= 15 is 0 Å². The molecule has 0 aliphatic carbocycles. The lowest BCUT2D eigenvalue weighted by Crippen LogP contribution is -2.07. The molecule has 92 valence electrons. The Morgan fingerprint density at radius 3 is 2.78 bits per heavy atom. The average Bonchev–Trinajstić information content (AvgIpc) is 2.90. The molecule has 0 saturated carbocycles. The summed E-state index contributed by atoms with van der Waals surface area (Å²) >= 11 is 0. The van der Waals surface area contributed by atoms with Gasteiger partial charge in [-0.2, -0.15) is 10.2 Å². The third-order valence-electron chi connectivity index (χ3n) is 2.87. The fourth-order valence-electron chi connectivity index (χ4n) is 1.96. The molecule has 6 nitrogen and oxygen atoms in total. The minimum Gasteiger partial charge on any atom is -0.399 e. The van der Waals surface area contributed by atoms with E-state index in [1.807, 2.05) is 30.3 Å². The van der Waals surface area contributed by atoms with Crippen molar-refractivity contribution in [2.45, 2.75) is 12.6 Å². The lowest BCUT2D eigenvalue weighted by Gasteiger charge is -2.08. The van der Waals surface area contributed by atoms with Crippen LogP contribution in [0.5, 0.6) is 0 Å². The largest absolute Gasteiger partial charge is 0.399 e. The number of benzene rings is 1. The molecule has 1 aliphatic rings. The number of hydrogen-bond acceptors (Lipinski definition) is 5. The van der Waals surface area contributed by atoms with Crippen molar-refractivity contribution in [3.63, 3.8) is 0 Å². The molecule has 0 radical (unpaired) electrons. The highest BCUT2D eigenvalue weighted by molar-refractivity contribution is 5.42. The third kappa shape index (κ3) is 1.76. The number of aromatic nitrogens is 2. The number of hydrogen-bond donors (Lipinski definition) is 2. The van der Waals surface area contributed by atoms with Gasteiger partial charge >= 0.3 is 0 Å².